The molecule has 0 saturated carbocycles. The molecule has 0 amide bonds. The van der Waals surface area contributed by atoms with Crippen LogP contribution in [0.5, 0.6) is 0 Å². The van der Waals surface area contributed by atoms with Gasteiger partial charge in [0.05, 0.1) is 5.56 Å². The Hall–Kier alpha value is -1.06. The molecule has 0 spiro atoms. The van der Waals surface area contributed by atoms with E-state index in [4.69, 9.17) is 16.7 Å². The van der Waals surface area contributed by atoms with Crippen LogP contribution in [0.3, 0.4) is 0 Å². The van der Waals surface area contributed by atoms with Crippen molar-refractivity contribution in [2.24, 2.45) is 5.92 Å². The molecule has 4 heteroatoms. The van der Waals surface area contributed by atoms with E-state index in [9.17, 15) is 4.79 Å². The Balaban J connectivity index is 2.12. The van der Waals surface area contributed by atoms with Gasteiger partial charge in [-0.2, -0.15) is 0 Å². The molecule has 16 heavy (non-hydrogen) atoms. The van der Waals surface area contributed by atoms with Crippen molar-refractivity contribution in [2.75, 3.05) is 13.1 Å². The van der Waals surface area contributed by atoms with Crippen LogP contribution >= 0.6 is 11.6 Å². The zero-order valence-corrected chi connectivity index (χ0v) is 9.63. The molecular weight excluding hydrogens is 226 g/mol. The van der Waals surface area contributed by atoms with Crippen molar-refractivity contribution < 1.29 is 9.90 Å². The van der Waals surface area contributed by atoms with Crippen LogP contribution < -0.4 is 5.32 Å². The minimum absolute atomic E-state index is 0.248. The third kappa shape index (κ3) is 2.54. The van der Waals surface area contributed by atoms with Crippen molar-refractivity contribution in [3.63, 3.8) is 0 Å². The van der Waals surface area contributed by atoms with Crippen molar-refractivity contribution in [1.29, 1.82) is 0 Å². The smallest absolute Gasteiger partial charge is 0.335 e. The van der Waals surface area contributed by atoms with Gasteiger partial charge in [0.1, 0.15) is 0 Å². The highest BCUT2D eigenvalue weighted by Gasteiger charge is 2.16. The first-order valence-electron chi connectivity index (χ1n) is 5.39. The first-order valence-corrected chi connectivity index (χ1v) is 5.77. The van der Waals surface area contributed by atoms with E-state index in [1.54, 1.807) is 6.07 Å². The number of carboxylic acids is 1. The molecule has 0 bridgehead atoms. The van der Waals surface area contributed by atoms with Crippen LogP contribution in [0.4, 0.5) is 0 Å². The fraction of sp³-hybridized carbons (Fsp3) is 0.417. The lowest BCUT2D eigenvalue weighted by Crippen LogP contribution is -2.11. The molecule has 1 atom stereocenters. The van der Waals surface area contributed by atoms with Gasteiger partial charge in [-0.25, -0.2) is 4.79 Å². The second-order valence-corrected chi connectivity index (χ2v) is 4.58. The molecule has 2 rings (SSSR count). The zero-order chi connectivity index (χ0) is 11.5. The summed E-state index contributed by atoms with van der Waals surface area (Å²) in [7, 11) is 0. The number of aromatic carboxylic acids is 1. The van der Waals surface area contributed by atoms with Gasteiger partial charge in [0, 0.05) is 5.02 Å². The molecule has 3 nitrogen and oxygen atoms in total. The standard InChI is InChI=1S/C12H14ClNO2/c13-11-6-10(12(15)16)2-1-9(11)5-8-3-4-14-7-8/h1-2,6,8,14H,3-5,7H2,(H,15,16). The van der Waals surface area contributed by atoms with E-state index < -0.39 is 5.97 Å². The summed E-state index contributed by atoms with van der Waals surface area (Å²) in [5.74, 6) is -0.316. The second-order valence-electron chi connectivity index (χ2n) is 4.17. The van der Waals surface area contributed by atoms with Crippen LogP contribution in [-0.4, -0.2) is 24.2 Å². The summed E-state index contributed by atoms with van der Waals surface area (Å²) in [6, 6.07) is 4.97. The highest BCUT2D eigenvalue weighted by molar-refractivity contribution is 6.31. The van der Waals surface area contributed by atoms with E-state index >= 15 is 0 Å². The monoisotopic (exact) mass is 239 g/mol. The van der Waals surface area contributed by atoms with E-state index in [0.717, 1.165) is 31.5 Å². The number of nitrogens with one attached hydrogen (secondary N) is 1. The van der Waals surface area contributed by atoms with Gasteiger partial charge < -0.3 is 10.4 Å². The summed E-state index contributed by atoms with van der Waals surface area (Å²) in [4.78, 5) is 10.7. The maximum atomic E-state index is 10.7. The van der Waals surface area contributed by atoms with Gasteiger partial charge in [-0.05, 0) is 49.5 Å². The maximum absolute atomic E-state index is 10.7. The Morgan fingerprint density at radius 3 is 2.94 bits per heavy atom. The molecule has 1 saturated heterocycles. The van der Waals surface area contributed by atoms with E-state index in [-0.39, 0.29) is 5.56 Å². The first-order chi connectivity index (χ1) is 7.66. The number of halogens is 1. The normalized spacial score (nSPS) is 19.9. The van der Waals surface area contributed by atoms with Crippen molar-refractivity contribution in [3.8, 4) is 0 Å². The zero-order valence-electron chi connectivity index (χ0n) is 8.87. The molecule has 1 aliphatic rings. The molecule has 0 radical (unpaired) electrons. The average molecular weight is 240 g/mol. The highest BCUT2D eigenvalue weighted by Crippen LogP contribution is 2.23. The van der Waals surface area contributed by atoms with Gasteiger partial charge in [0.2, 0.25) is 0 Å². The molecule has 0 aliphatic carbocycles. The van der Waals surface area contributed by atoms with Gasteiger partial charge in [0.25, 0.3) is 0 Å². The van der Waals surface area contributed by atoms with Crippen LogP contribution in [0.25, 0.3) is 0 Å². The SMILES string of the molecule is O=C(O)c1ccc(CC2CCNC2)c(Cl)c1. The molecule has 1 heterocycles. The van der Waals surface area contributed by atoms with Crippen LogP contribution in [0.1, 0.15) is 22.3 Å². The molecule has 1 aromatic rings. The largest absolute Gasteiger partial charge is 0.478 e. The molecule has 1 aromatic carbocycles. The topological polar surface area (TPSA) is 49.3 Å². The molecule has 1 aliphatic heterocycles. The summed E-state index contributed by atoms with van der Waals surface area (Å²) < 4.78 is 0. The molecular formula is C12H14ClNO2. The predicted molar refractivity (Wildman–Crippen MR) is 63.1 cm³/mol. The average Bonchev–Trinajstić information content (AvgIpc) is 2.73. The summed E-state index contributed by atoms with van der Waals surface area (Å²) in [5, 5.41) is 12.7. The van der Waals surface area contributed by atoms with Crippen LogP contribution in [0, 0.1) is 5.92 Å². The second kappa shape index (κ2) is 4.85. The number of rotatable bonds is 3. The van der Waals surface area contributed by atoms with Gasteiger partial charge in [-0.15, -0.1) is 0 Å². The van der Waals surface area contributed by atoms with Crippen LogP contribution in [-0.2, 0) is 6.42 Å². The lowest BCUT2D eigenvalue weighted by atomic mass is 9.98. The van der Waals surface area contributed by atoms with Gasteiger partial charge in [-0.1, -0.05) is 17.7 Å². The molecule has 1 unspecified atom stereocenters. The maximum Gasteiger partial charge on any atom is 0.335 e. The number of hydrogen-bond acceptors (Lipinski definition) is 2. The van der Waals surface area contributed by atoms with Crippen molar-refractivity contribution in [2.45, 2.75) is 12.8 Å². The molecule has 1 fully saturated rings. The lowest BCUT2D eigenvalue weighted by Gasteiger charge is -2.10. The number of hydrogen-bond donors (Lipinski definition) is 2. The molecule has 2 N–H and O–H groups in total. The lowest BCUT2D eigenvalue weighted by molar-refractivity contribution is 0.0697. The van der Waals surface area contributed by atoms with E-state index in [2.05, 4.69) is 5.32 Å². The van der Waals surface area contributed by atoms with E-state index in [1.165, 1.54) is 6.07 Å². The minimum Gasteiger partial charge on any atom is -0.478 e. The first kappa shape index (κ1) is 11.4. The number of carbonyl (C=O) groups is 1. The van der Waals surface area contributed by atoms with Crippen molar-refractivity contribution in [1.82, 2.24) is 5.32 Å². The summed E-state index contributed by atoms with van der Waals surface area (Å²) in [6.45, 7) is 2.09. The van der Waals surface area contributed by atoms with Crippen molar-refractivity contribution in [3.05, 3.63) is 34.3 Å². The fourth-order valence-corrected chi connectivity index (χ4v) is 2.30. The van der Waals surface area contributed by atoms with E-state index in [1.807, 2.05) is 6.07 Å². The number of benzene rings is 1. The Morgan fingerprint density at radius 2 is 2.38 bits per heavy atom. The summed E-state index contributed by atoms with van der Waals surface area (Å²) in [5.41, 5.74) is 1.29. The minimum atomic E-state index is -0.934. The summed E-state index contributed by atoms with van der Waals surface area (Å²) >= 11 is 6.07. The quantitative estimate of drug-likeness (QED) is 0.850. The summed E-state index contributed by atoms with van der Waals surface area (Å²) in [6.07, 6.45) is 2.09. The third-order valence-electron chi connectivity index (χ3n) is 2.97. The Bertz CT molecular complexity index is 400. The van der Waals surface area contributed by atoms with Crippen LogP contribution in [0.2, 0.25) is 5.02 Å². The third-order valence-corrected chi connectivity index (χ3v) is 3.32. The predicted octanol–water partition coefficient (Wildman–Crippen LogP) is 2.19. The van der Waals surface area contributed by atoms with Gasteiger partial charge >= 0.3 is 5.97 Å². The van der Waals surface area contributed by atoms with Gasteiger partial charge in [-0.3, -0.25) is 0 Å². The van der Waals surface area contributed by atoms with E-state index in [0.29, 0.717) is 10.9 Å². The Kier molecular flexibility index (Phi) is 3.46. The fourth-order valence-electron chi connectivity index (χ4n) is 2.05. The molecule has 0 aromatic heterocycles. The highest BCUT2D eigenvalue weighted by atomic mass is 35.5. The molecule has 86 valence electrons. The van der Waals surface area contributed by atoms with Gasteiger partial charge in [0.15, 0.2) is 0 Å². The Morgan fingerprint density at radius 1 is 1.56 bits per heavy atom. The van der Waals surface area contributed by atoms with Crippen LogP contribution in [0.15, 0.2) is 18.2 Å². The van der Waals surface area contributed by atoms with Crippen molar-refractivity contribution >= 4 is 17.6 Å². The number of carboxylic acid groups (broad SMARTS) is 1. The Labute approximate surface area is 99.4 Å².